The first-order valence-corrected chi connectivity index (χ1v) is 14.0. The molecule has 0 amide bonds. The van der Waals surface area contributed by atoms with Gasteiger partial charge in [0.2, 0.25) is 15.8 Å². The number of rotatable bonds is 9. The van der Waals surface area contributed by atoms with Crippen molar-refractivity contribution in [3.05, 3.63) is 87.7 Å². The maximum atomic E-state index is 13.1. The van der Waals surface area contributed by atoms with Crippen molar-refractivity contribution in [2.45, 2.75) is 16.4 Å². The largest absolute Gasteiger partial charge is 0.336 e. The van der Waals surface area contributed by atoms with Gasteiger partial charge in [0, 0.05) is 21.3 Å². The van der Waals surface area contributed by atoms with Gasteiger partial charge < -0.3 is 5.84 Å². The second kappa shape index (κ2) is 9.89. The van der Waals surface area contributed by atoms with Gasteiger partial charge in [0.1, 0.15) is 22.1 Å². The number of nitrogens with two attached hydrogens (primary N) is 1. The van der Waals surface area contributed by atoms with E-state index >= 15 is 0 Å². The highest BCUT2D eigenvalue weighted by molar-refractivity contribution is 7.92. The number of nitrogens with one attached hydrogen (secondary N) is 2. The van der Waals surface area contributed by atoms with Crippen LogP contribution in [0, 0.1) is 0 Å². The van der Waals surface area contributed by atoms with Gasteiger partial charge in [-0.15, -0.1) is 10.2 Å². The molecule has 12 nitrogen and oxygen atoms in total. The number of hydrogen-bond donors (Lipinski definition) is 3. The van der Waals surface area contributed by atoms with Crippen molar-refractivity contribution in [1.82, 2.24) is 25.1 Å². The van der Waals surface area contributed by atoms with Crippen LogP contribution in [0.4, 0.5) is 5.69 Å². The van der Waals surface area contributed by atoms with E-state index in [-0.39, 0.29) is 33.5 Å². The van der Waals surface area contributed by atoms with E-state index in [1.54, 1.807) is 0 Å². The van der Waals surface area contributed by atoms with Crippen molar-refractivity contribution in [2.75, 3.05) is 10.6 Å². The lowest BCUT2D eigenvalue weighted by Gasteiger charge is -2.08. The number of anilines is 1. The Morgan fingerprint density at radius 1 is 0.917 bits per heavy atom. The molecule has 0 unspecified atom stereocenters. The predicted molar refractivity (Wildman–Crippen MR) is 132 cm³/mol. The van der Waals surface area contributed by atoms with Crippen molar-refractivity contribution in [1.29, 1.82) is 0 Å². The molecule has 0 aliphatic heterocycles. The molecule has 36 heavy (non-hydrogen) atoms. The number of hydrogen-bond acceptors (Lipinski definition) is 9. The fraction of sp³-hybridized carbons (Fsp3) is 0.100. The lowest BCUT2D eigenvalue weighted by atomic mass is 10.1. The minimum atomic E-state index is -4.19. The van der Waals surface area contributed by atoms with E-state index in [1.165, 1.54) is 48.5 Å². The van der Waals surface area contributed by atoms with Gasteiger partial charge >= 0.3 is 0 Å². The zero-order valence-corrected chi connectivity index (χ0v) is 21.2. The molecular formula is C20H17Cl2N7O5S2. The molecule has 2 aromatic carbocycles. The van der Waals surface area contributed by atoms with Crippen molar-refractivity contribution >= 4 is 54.5 Å². The number of nitrogens with zero attached hydrogens (tertiary/aromatic N) is 4. The summed E-state index contributed by atoms with van der Waals surface area (Å²) in [5.74, 6) is 3.41. The second-order valence-corrected chi connectivity index (χ2v) is 12.0. The number of sulfone groups is 1. The van der Waals surface area contributed by atoms with Gasteiger partial charge in [0.05, 0.1) is 6.20 Å². The molecule has 0 aliphatic carbocycles. The molecule has 16 heteroatoms. The fourth-order valence-electron chi connectivity index (χ4n) is 3.13. The third kappa shape index (κ3) is 5.67. The van der Waals surface area contributed by atoms with Gasteiger partial charge in [-0.2, -0.15) is 5.10 Å². The Labute approximate surface area is 215 Å². The summed E-state index contributed by atoms with van der Waals surface area (Å²) < 4.78 is 54.3. The fourth-order valence-corrected chi connectivity index (χ4v) is 5.84. The summed E-state index contributed by atoms with van der Waals surface area (Å²) >= 11 is 11.6. The number of carbonyl (C=O) groups excluding carboxylic acids is 1. The molecule has 188 valence electrons. The monoisotopic (exact) mass is 569 g/mol. The number of aromatic nitrogens is 5. The molecule has 0 spiro atoms. The van der Waals surface area contributed by atoms with E-state index in [1.807, 2.05) is 0 Å². The molecule has 0 atom stereocenters. The first-order chi connectivity index (χ1) is 16.9. The van der Waals surface area contributed by atoms with Crippen LogP contribution in [0.5, 0.6) is 0 Å². The summed E-state index contributed by atoms with van der Waals surface area (Å²) in [4.78, 5) is 12.4. The summed E-state index contributed by atoms with van der Waals surface area (Å²) in [6.45, 7) is 0. The van der Waals surface area contributed by atoms with E-state index in [9.17, 15) is 21.6 Å². The SMILES string of the molecule is Nn1c(CS(=O)(=O)Nc2ccc(Cl)cc2)nnc1CS(=O)(=O)c1cn[nH]c1C(=O)c1ccc(Cl)cc1. The smallest absolute Gasteiger partial charge is 0.240 e. The van der Waals surface area contributed by atoms with Gasteiger partial charge in [0.15, 0.2) is 21.5 Å². The third-order valence-corrected chi connectivity index (χ3v) is 8.17. The third-order valence-electron chi connectivity index (χ3n) is 4.87. The first-order valence-electron chi connectivity index (χ1n) is 9.96. The van der Waals surface area contributed by atoms with Crippen LogP contribution in [0.25, 0.3) is 0 Å². The molecule has 4 aromatic rings. The minimum absolute atomic E-state index is 0.197. The van der Waals surface area contributed by atoms with Crippen molar-refractivity contribution in [2.24, 2.45) is 0 Å². The molecular weight excluding hydrogens is 553 g/mol. The number of sulfonamides is 1. The zero-order valence-electron chi connectivity index (χ0n) is 18.1. The second-order valence-electron chi connectivity index (χ2n) is 7.47. The molecule has 4 rings (SSSR count). The van der Waals surface area contributed by atoms with Crippen LogP contribution < -0.4 is 10.6 Å². The molecule has 0 radical (unpaired) electrons. The summed E-state index contributed by atoms with van der Waals surface area (Å²) in [6.07, 6.45) is 0.997. The van der Waals surface area contributed by atoms with Crippen LogP contribution in [-0.4, -0.2) is 47.7 Å². The van der Waals surface area contributed by atoms with Crippen LogP contribution >= 0.6 is 23.2 Å². The molecule has 4 N–H and O–H groups in total. The van der Waals surface area contributed by atoms with Crippen LogP contribution in [0.1, 0.15) is 27.7 Å². The standard InChI is InChI=1S/C20H17Cl2N7O5S2/c21-13-3-1-12(2-4-13)20(30)19-16(9-24-27-19)35(31,32)10-17-25-26-18(29(17)23)11-36(33,34)28-15-7-5-14(22)6-8-15/h1-9,28H,10-11,23H2,(H,24,27). The van der Waals surface area contributed by atoms with Crippen LogP contribution in [0.2, 0.25) is 10.0 Å². The number of carbonyl (C=O) groups is 1. The molecule has 0 aliphatic rings. The Bertz CT molecular complexity index is 1630. The van der Waals surface area contributed by atoms with E-state index in [0.717, 1.165) is 10.9 Å². The van der Waals surface area contributed by atoms with Crippen LogP contribution in [-0.2, 0) is 31.4 Å². The predicted octanol–water partition coefficient (Wildman–Crippen LogP) is 2.17. The van der Waals surface area contributed by atoms with Gasteiger partial charge in [-0.25, -0.2) is 21.5 Å². The average Bonchev–Trinajstić information content (AvgIpc) is 3.44. The van der Waals surface area contributed by atoms with E-state index < -0.39 is 37.1 Å². The van der Waals surface area contributed by atoms with Crippen molar-refractivity contribution < 1.29 is 21.6 Å². The lowest BCUT2D eigenvalue weighted by molar-refractivity contribution is 0.103. The van der Waals surface area contributed by atoms with Gasteiger partial charge in [-0.05, 0) is 48.5 Å². The van der Waals surface area contributed by atoms with E-state index in [0.29, 0.717) is 10.0 Å². The Hall–Kier alpha value is -3.46. The van der Waals surface area contributed by atoms with Gasteiger partial charge in [0.25, 0.3) is 0 Å². The number of benzene rings is 2. The van der Waals surface area contributed by atoms with E-state index in [2.05, 4.69) is 25.1 Å². The Morgan fingerprint density at radius 2 is 1.47 bits per heavy atom. The lowest BCUT2D eigenvalue weighted by Crippen LogP contribution is -2.23. The highest BCUT2D eigenvalue weighted by Crippen LogP contribution is 2.22. The topological polar surface area (TPSA) is 183 Å². The number of ketones is 1. The quantitative estimate of drug-likeness (QED) is 0.201. The van der Waals surface area contributed by atoms with Gasteiger partial charge in [-0.3, -0.25) is 14.6 Å². The Balaban J connectivity index is 1.53. The van der Waals surface area contributed by atoms with Crippen molar-refractivity contribution in [3.63, 3.8) is 0 Å². The van der Waals surface area contributed by atoms with E-state index in [4.69, 9.17) is 29.0 Å². The summed E-state index contributed by atoms with van der Waals surface area (Å²) in [7, 11) is -8.15. The summed E-state index contributed by atoms with van der Waals surface area (Å²) in [5.41, 5.74) is 0.210. The first kappa shape index (κ1) is 25.6. The highest BCUT2D eigenvalue weighted by Gasteiger charge is 2.29. The number of nitrogen functional groups attached to an aromatic ring is 1. The average molecular weight is 570 g/mol. The summed E-state index contributed by atoms with van der Waals surface area (Å²) in [5, 5.41) is 14.4. The molecule has 0 saturated carbocycles. The van der Waals surface area contributed by atoms with Gasteiger partial charge in [-0.1, -0.05) is 23.2 Å². The van der Waals surface area contributed by atoms with Crippen LogP contribution in [0.15, 0.2) is 59.6 Å². The summed E-state index contributed by atoms with van der Waals surface area (Å²) in [6, 6.07) is 11.8. The maximum Gasteiger partial charge on any atom is 0.240 e. The van der Waals surface area contributed by atoms with Crippen LogP contribution in [0.3, 0.4) is 0 Å². The normalized spacial score (nSPS) is 11.9. The highest BCUT2D eigenvalue weighted by atomic mass is 35.5. The molecule has 0 saturated heterocycles. The molecule has 0 fully saturated rings. The minimum Gasteiger partial charge on any atom is -0.336 e. The zero-order chi connectivity index (χ0) is 26.1. The maximum absolute atomic E-state index is 13.1. The Kier molecular flexibility index (Phi) is 7.04. The number of aromatic amines is 1. The van der Waals surface area contributed by atoms with Crippen molar-refractivity contribution in [3.8, 4) is 0 Å². The molecule has 0 bridgehead atoms. The molecule has 2 aromatic heterocycles. The molecule has 2 heterocycles. The number of H-pyrrole nitrogens is 1. The Morgan fingerprint density at radius 3 is 2.08 bits per heavy atom. The number of halogens is 2.